The lowest BCUT2D eigenvalue weighted by molar-refractivity contribution is 0.436. The fourth-order valence-corrected chi connectivity index (χ4v) is 2.29. The number of nitrogens with zero attached hydrogens (tertiary/aromatic N) is 1. The molecule has 0 aliphatic rings. The van der Waals surface area contributed by atoms with Crippen molar-refractivity contribution < 1.29 is 13.3 Å². The summed E-state index contributed by atoms with van der Waals surface area (Å²) in [7, 11) is 0. The normalized spacial score (nSPS) is 10.8. The SMILES string of the molecule is Cc1cc(F)ccc1-c1onc(N)c1-c1cccc(F)c1. The highest BCUT2D eigenvalue weighted by Gasteiger charge is 2.19. The van der Waals surface area contributed by atoms with Crippen LogP contribution >= 0.6 is 0 Å². The molecule has 0 atom stereocenters. The largest absolute Gasteiger partial charge is 0.380 e. The Bertz CT molecular complexity index is 812. The van der Waals surface area contributed by atoms with E-state index in [-0.39, 0.29) is 17.5 Å². The van der Waals surface area contributed by atoms with Gasteiger partial charge in [0.2, 0.25) is 0 Å². The van der Waals surface area contributed by atoms with Crippen LogP contribution in [0.4, 0.5) is 14.6 Å². The molecule has 5 heteroatoms. The second-order valence-electron chi connectivity index (χ2n) is 4.74. The summed E-state index contributed by atoms with van der Waals surface area (Å²) < 4.78 is 31.9. The van der Waals surface area contributed by atoms with Gasteiger partial charge in [0.15, 0.2) is 11.6 Å². The Morgan fingerprint density at radius 1 is 1.05 bits per heavy atom. The quantitative estimate of drug-likeness (QED) is 0.769. The molecule has 0 spiro atoms. The van der Waals surface area contributed by atoms with Gasteiger partial charge >= 0.3 is 0 Å². The number of rotatable bonds is 2. The Morgan fingerprint density at radius 2 is 1.81 bits per heavy atom. The van der Waals surface area contributed by atoms with Crippen LogP contribution < -0.4 is 5.73 Å². The van der Waals surface area contributed by atoms with Crippen LogP contribution in [0.3, 0.4) is 0 Å². The van der Waals surface area contributed by atoms with Crippen LogP contribution in [0.2, 0.25) is 0 Å². The van der Waals surface area contributed by atoms with E-state index >= 15 is 0 Å². The molecule has 0 unspecified atom stereocenters. The fraction of sp³-hybridized carbons (Fsp3) is 0.0625. The van der Waals surface area contributed by atoms with Gasteiger partial charge in [0.25, 0.3) is 0 Å². The summed E-state index contributed by atoms with van der Waals surface area (Å²) in [6.07, 6.45) is 0. The minimum atomic E-state index is -0.380. The van der Waals surface area contributed by atoms with Gasteiger partial charge in [0, 0.05) is 5.56 Å². The van der Waals surface area contributed by atoms with Crippen LogP contribution in [-0.4, -0.2) is 5.16 Å². The summed E-state index contributed by atoms with van der Waals surface area (Å²) in [5.74, 6) is -0.152. The van der Waals surface area contributed by atoms with Gasteiger partial charge in [-0.3, -0.25) is 0 Å². The average molecular weight is 286 g/mol. The molecule has 0 saturated heterocycles. The van der Waals surface area contributed by atoms with Crippen molar-refractivity contribution >= 4 is 5.82 Å². The Balaban J connectivity index is 2.22. The molecular weight excluding hydrogens is 274 g/mol. The summed E-state index contributed by atoms with van der Waals surface area (Å²) in [4.78, 5) is 0. The summed E-state index contributed by atoms with van der Waals surface area (Å²) in [5, 5.41) is 3.75. The van der Waals surface area contributed by atoms with E-state index in [2.05, 4.69) is 5.16 Å². The minimum absolute atomic E-state index is 0.166. The van der Waals surface area contributed by atoms with Gasteiger partial charge in [-0.25, -0.2) is 8.78 Å². The first-order valence-corrected chi connectivity index (χ1v) is 6.34. The maximum atomic E-state index is 13.4. The lowest BCUT2D eigenvalue weighted by Gasteiger charge is -2.06. The van der Waals surface area contributed by atoms with Crippen LogP contribution in [-0.2, 0) is 0 Å². The van der Waals surface area contributed by atoms with E-state index in [1.807, 2.05) is 0 Å². The standard InChI is InChI=1S/C16H12F2N2O/c1-9-7-12(18)5-6-13(9)15-14(16(19)20-21-15)10-3-2-4-11(17)8-10/h2-8H,1H3,(H2,19,20). The zero-order valence-electron chi connectivity index (χ0n) is 11.2. The maximum Gasteiger partial charge on any atom is 0.177 e. The molecule has 3 rings (SSSR count). The Hall–Kier alpha value is -2.69. The number of nitrogens with two attached hydrogens (primary N) is 1. The fourth-order valence-electron chi connectivity index (χ4n) is 2.29. The number of benzene rings is 2. The Morgan fingerprint density at radius 3 is 2.52 bits per heavy atom. The highest BCUT2D eigenvalue weighted by atomic mass is 19.1. The molecule has 0 radical (unpaired) electrons. The van der Waals surface area contributed by atoms with Crippen molar-refractivity contribution in [3.63, 3.8) is 0 Å². The van der Waals surface area contributed by atoms with Crippen molar-refractivity contribution in [3.05, 3.63) is 59.7 Å². The molecule has 0 aliphatic heterocycles. The van der Waals surface area contributed by atoms with E-state index in [4.69, 9.17) is 10.3 Å². The Kier molecular flexibility index (Phi) is 3.17. The molecule has 0 fully saturated rings. The predicted octanol–water partition coefficient (Wildman–Crippen LogP) is 4.18. The molecule has 0 bridgehead atoms. The summed E-state index contributed by atoms with van der Waals surface area (Å²) in [5.41, 5.74) is 8.26. The highest BCUT2D eigenvalue weighted by Crippen LogP contribution is 2.38. The van der Waals surface area contributed by atoms with Crippen molar-refractivity contribution in [2.24, 2.45) is 0 Å². The van der Waals surface area contributed by atoms with Crippen molar-refractivity contribution in [2.75, 3.05) is 5.73 Å². The van der Waals surface area contributed by atoms with E-state index in [1.165, 1.54) is 24.3 Å². The number of aromatic nitrogens is 1. The zero-order valence-corrected chi connectivity index (χ0v) is 11.2. The zero-order chi connectivity index (χ0) is 15.0. The summed E-state index contributed by atoms with van der Waals surface area (Å²) in [6, 6.07) is 10.3. The van der Waals surface area contributed by atoms with Gasteiger partial charge in [0.1, 0.15) is 11.6 Å². The molecule has 0 amide bonds. The number of hydrogen-bond donors (Lipinski definition) is 1. The van der Waals surface area contributed by atoms with E-state index < -0.39 is 0 Å². The molecule has 2 N–H and O–H groups in total. The summed E-state index contributed by atoms with van der Waals surface area (Å²) in [6.45, 7) is 1.76. The van der Waals surface area contributed by atoms with Gasteiger partial charge in [-0.15, -0.1) is 0 Å². The molecule has 21 heavy (non-hydrogen) atoms. The second-order valence-corrected chi connectivity index (χ2v) is 4.74. The van der Waals surface area contributed by atoms with E-state index in [0.717, 1.165) is 0 Å². The van der Waals surface area contributed by atoms with E-state index in [0.29, 0.717) is 28.0 Å². The Labute approximate surface area is 120 Å². The van der Waals surface area contributed by atoms with Crippen molar-refractivity contribution in [3.8, 4) is 22.5 Å². The number of halogens is 2. The number of hydrogen-bond acceptors (Lipinski definition) is 3. The van der Waals surface area contributed by atoms with Crippen LogP contribution in [0.1, 0.15) is 5.56 Å². The average Bonchev–Trinajstić information content (AvgIpc) is 2.80. The van der Waals surface area contributed by atoms with Crippen LogP contribution in [0.25, 0.3) is 22.5 Å². The maximum absolute atomic E-state index is 13.4. The lowest BCUT2D eigenvalue weighted by atomic mass is 9.98. The van der Waals surface area contributed by atoms with Gasteiger partial charge in [-0.2, -0.15) is 0 Å². The molecule has 106 valence electrons. The topological polar surface area (TPSA) is 52.0 Å². The molecule has 2 aromatic carbocycles. The molecule has 3 nitrogen and oxygen atoms in total. The highest BCUT2D eigenvalue weighted by molar-refractivity contribution is 5.87. The smallest absolute Gasteiger partial charge is 0.177 e. The third kappa shape index (κ3) is 2.38. The third-order valence-electron chi connectivity index (χ3n) is 3.26. The third-order valence-corrected chi connectivity index (χ3v) is 3.26. The van der Waals surface area contributed by atoms with Crippen LogP contribution in [0, 0.1) is 18.6 Å². The molecule has 1 aromatic heterocycles. The molecule has 0 aliphatic carbocycles. The summed E-state index contributed by atoms with van der Waals surface area (Å²) >= 11 is 0. The van der Waals surface area contributed by atoms with Crippen LogP contribution in [0.15, 0.2) is 47.0 Å². The van der Waals surface area contributed by atoms with Gasteiger partial charge in [-0.05, 0) is 48.4 Å². The first kappa shape index (κ1) is 13.3. The lowest BCUT2D eigenvalue weighted by Crippen LogP contribution is -1.91. The van der Waals surface area contributed by atoms with Gasteiger partial charge in [-0.1, -0.05) is 17.3 Å². The first-order chi connectivity index (χ1) is 10.1. The second kappa shape index (κ2) is 5.01. The van der Waals surface area contributed by atoms with E-state index in [1.54, 1.807) is 25.1 Å². The molecule has 0 saturated carbocycles. The van der Waals surface area contributed by atoms with E-state index in [9.17, 15) is 8.78 Å². The first-order valence-electron chi connectivity index (χ1n) is 6.34. The van der Waals surface area contributed by atoms with Gasteiger partial charge in [0.05, 0.1) is 5.56 Å². The minimum Gasteiger partial charge on any atom is -0.380 e. The number of nitrogen functional groups attached to an aromatic ring is 1. The monoisotopic (exact) mass is 286 g/mol. The number of aryl methyl sites for hydroxylation is 1. The molecule has 3 aromatic rings. The van der Waals surface area contributed by atoms with Crippen molar-refractivity contribution in [1.29, 1.82) is 0 Å². The van der Waals surface area contributed by atoms with Crippen molar-refractivity contribution in [1.82, 2.24) is 5.16 Å². The predicted molar refractivity (Wildman–Crippen MR) is 76.4 cm³/mol. The number of anilines is 1. The van der Waals surface area contributed by atoms with Crippen molar-refractivity contribution in [2.45, 2.75) is 6.92 Å². The van der Waals surface area contributed by atoms with Crippen LogP contribution in [0.5, 0.6) is 0 Å². The molecule has 1 heterocycles. The van der Waals surface area contributed by atoms with Gasteiger partial charge < -0.3 is 10.3 Å². The molecular formula is C16H12F2N2O.